The predicted molar refractivity (Wildman–Crippen MR) is 85.5 cm³/mol. The standard InChI is InChI=1S/C16H22N4O/c1-4-9-20(11-13-7-5-6-8-14(13)17)15-10-16(21-3)19-12(2)18-15/h5-8,10H,4,9,11,17H2,1-3H3. The third kappa shape index (κ3) is 3.84. The Bertz CT molecular complexity index is 601. The maximum Gasteiger partial charge on any atom is 0.218 e. The van der Waals surface area contributed by atoms with Crippen LogP contribution in [0.4, 0.5) is 11.5 Å². The zero-order valence-corrected chi connectivity index (χ0v) is 12.8. The van der Waals surface area contributed by atoms with Gasteiger partial charge < -0.3 is 15.4 Å². The number of hydrogen-bond donors (Lipinski definition) is 1. The van der Waals surface area contributed by atoms with Gasteiger partial charge in [-0.2, -0.15) is 4.98 Å². The molecular weight excluding hydrogens is 264 g/mol. The second kappa shape index (κ2) is 6.92. The Morgan fingerprint density at radius 1 is 1.24 bits per heavy atom. The topological polar surface area (TPSA) is 64.3 Å². The Hall–Kier alpha value is -2.30. The fraction of sp³-hybridized carbons (Fsp3) is 0.375. The lowest BCUT2D eigenvalue weighted by molar-refractivity contribution is 0.395. The molecule has 5 nitrogen and oxygen atoms in total. The zero-order valence-electron chi connectivity index (χ0n) is 12.8. The largest absolute Gasteiger partial charge is 0.481 e. The first-order chi connectivity index (χ1) is 10.1. The molecule has 0 fully saturated rings. The van der Waals surface area contributed by atoms with Crippen LogP contribution in [0.15, 0.2) is 30.3 Å². The van der Waals surface area contributed by atoms with E-state index in [-0.39, 0.29) is 0 Å². The second-order valence-corrected chi connectivity index (χ2v) is 4.94. The maximum absolute atomic E-state index is 6.04. The molecule has 0 bridgehead atoms. The second-order valence-electron chi connectivity index (χ2n) is 4.94. The fourth-order valence-corrected chi connectivity index (χ4v) is 2.22. The van der Waals surface area contributed by atoms with Gasteiger partial charge in [0, 0.05) is 24.8 Å². The minimum atomic E-state index is 0.583. The summed E-state index contributed by atoms with van der Waals surface area (Å²) in [5, 5.41) is 0. The minimum Gasteiger partial charge on any atom is -0.481 e. The fourth-order valence-electron chi connectivity index (χ4n) is 2.22. The highest BCUT2D eigenvalue weighted by atomic mass is 16.5. The maximum atomic E-state index is 6.04. The highest BCUT2D eigenvalue weighted by molar-refractivity contribution is 5.50. The van der Waals surface area contributed by atoms with Crippen LogP contribution in [-0.4, -0.2) is 23.6 Å². The molecule has 5 heteroatoms. The number of para-hydroxylation sites is 1. The Labute approximate surface area is 125 Å². The van der Waals surface area contributed by atoms with Gasteiger partial charge >= 0.3 is 0 Å². The van der Waals surface area contributed by atoms with Crippen LogP contribution in [0.5, 0.6) is 5.88 Å². The van der Waals surface area contributed by atoms with Crippen LogP contribution in [0.25, 0.3) is 0 Å². The van der Waals surface area contributed by atoms with Crippen LogP contribution < -0.4 is 15.4 Å². The molecule has 21 heavy (non-hydrogen) atoms. The van der Waals surface area contributed by atoms with E-state index in [1.165, 1.54) is 0 Å². The Morgan fingerprint density at radius 3 is 2.67 bits per heavy atom. The molecule has 0 spiro atoms. The molecule has 0 saturated heterocycles. The summed E-state index contributed by atoms with van der Waals surface area (Å²) >= 11 is 0. The summed E-state index contributed by atoms with van der Waals surface area (Å²) in [5.41, 5.74) is 7.95. The first-order valence-corrected chi connectivity index (χ1v) is 7.12. The van der Waals surface area contributed by atoms with Crippen molar-refractivity contribution in [3.05, 3.63) is 41.7 Å². The number of nitrogen functional groups attached to an aromatic ring is 1. The summed E-state index contributed by atoms with van der Waals surface area (Å²) in [6, 6.07) is 9.78. The van der Waals surface area contributed by atoms with Crippen molar-refractivity contribution in [3.63, 3.8) is 0 Å². The van der Waals surface area contributed by atoms with Crippen LogP contribution in [0.1, 0.15) is 24.7 Å². The van der Waals surface area contributed by atoms with Crippen molar-refractivity contribution in [2.45, 2.75) is 26.8 Å². The van der Waals surface area contributed by atoms with Gasteiger partial charge in [0.15, 0.2) is 0 Å². The van der Waals surface area contributed by atoms with Gasteiger partial charge in [0.25, 0.3) is 0 Å². The van der Waals surface area contributed by atoms with Crippen molar-refractivity contribution >= 4 is 11.5 Å². The summed E-state index contributed by atoms with van der Waals surface area (Å²) in [6.45, 7) is 5.63. The van der Waals surface area contributed by atoms with E-state index < -0.39 is 0 Å². The van der Waals surface area contributed by atoms with E-state index >= 15 is 0 Å². The quantitative estimate of drug-likeness (QED) is 0.827. The lowest BCUT2D eigenvalue weighted by atomic mass is 10.1. The van der Waals surface area contributed by atoms with Gasteiger partial charge in [-0.3, -0.25) is 0 Å². The van der Waals surface area contributed by atoms with Crippen LogP contribution >= 0.6 is 0 Å². The van der Waals surface area contributed by atoms with Crippen molar-refractivity contribution in [2.75, 3.05) is 24.3 Å². The lowest BCUT2D eigenvalue weighted by Gasteiger charge is -2.24. The molecule has 0 radical (unpaired) electrons. The third-order valence-electron chi connectivity index (χ3n) is 3.24. The number of ether oxygens (including phenoxy) is 1. The molecule has 0 saturated carbocycles. The number of anilines is 2. The zero-order chi connectivity index (χ0) is 15.2. The summed E-state index contributed by atoms with van der Waals surface area (Å²) in [4.78, 5) is 11.0. The highest BCUT2D eigenvalue weighted by Crippen LogP contribution is 2.21. The first-order valence-electron chi connectivity index (χ1n) is 7.12. The Balaban J connectivity index is 2.30. The molecule has 0 aliphatic rings. The van der Waals surface area contributed by atoms with Crippen LogP contribution in [0, 0.1) is 6.92 Å². The molecule has 2 aromatic rings. The lowest BCUT2D eigenvalue weighted by Crippen LogP contribution is -2.25. The molecule has 0 aliphatic carbocycles. The van der Waals surface area contributed by atoms with Gasteiger partial charge in [0.05, 0.1) is 7.11 Å². The van der Waals surface area contributed by atoms with Crippen LogP contribution in [0.3, 0.4) is 0 Å². The summed E-state index contributed by atoms with van der Waals surface area (Å²) in [6.07, 6.45) is 1.03. The average Bonchev–Trinajstić information content (AvgIpc) is 2.48. The van der Waals surface area contributed by atoms with Gasteiger partial charge in [-0.15, -0.1) is 0 Å². The number of methoxy groups -OCH3 is 1. The van der Waals surface area contributed by atoms with Crippen LogP contribution in [-0.2, 0) is 6.54 Å². The molecular formula is C16H22N4O. The molecule has 1 aromatic heterocycles. The van der Waals surface area contributed by atoms with Crippen molar-refractivity contribution in [2.24, 2.45) is 0 Å². The Kier molecular flexibility index (Phi) is 4.98. The minimum absolute atomic E-state index is 0.583. The molecule has 1 aromatic carbocycles. The van der Waals surface area contributed by atoms with E-state index in [1.54, 1.807) is 7.11 Å². The van der Waals surface area contributed by atoms with Gasteiger partial charge in [-0.05, 0) is 25.0 Å². The van der Waals surface area contributed by atoms with Gasteiger partial charge in [0.2, 0.25) is 5.88 Å². The van der Waals surface area contributed by atoms with Crippen LogP contribution in [0.2, 0.25) is 0 Å². The molecule has 0 amide bonds. The van der Waals surface area contributed by atoms with Crippen molar-refractivity contribution < 1.29 is 4.74 Å². The van der Waals surface area contributed by atoms with E-state index in [4.69, 9.17) is 10.5 Å². The number of nitrogens with zero attached hydrogens (tertiary/aromatic N) is 3. The molecule has 0 unspecified atom stereocenters. The number of aromatic nitrogens is 2. The third-order valence-corrected chi connectivity index (χ3v) is 3.24. The first kappa shape index (κ1) is 15.1. The van der Waals surface area contributed by atoms with E-state index in [0.29, 0.717) is 11.7 Å². The molecule has 112 valence electrons. The normalized spacial score (nSPS) is 10.4. The smallest absolute Gasteiger partial charge is 0.218 e. The predicted octanol–water partition coefficient (Wildman–Crippen LogP) is 2.79. The highest BCUT2D eigenvalue weighted by Gasteiger charge is 2.12. The molecule has 2 rings (SSSR count). The van der Waals surface area contributed by atoms with E-state index in [0.717, 1.165) is 36.6 Å². The summed E-state index contributed by atoms with van der Waals surface area (Å²) in [5.74, 6) is 2.15. The average molecular weight is 286 g/mol. The Morgan fingerprint density at radius 2 is 2.00 bits per heavy atom. The summed E-state index contributed by atoms with van der Waals surface area (Å²) in [7, 11) is 1.62. The van der Waals surface area contributed by atoms with Gasteiger partial charge in [-0.25, -0.2) is 4.98 Å². The summed E-state index contributed by atoms with van der Waals surface area (Å²) < 4.78 is 5.24. The van der Waals surface area contributed by atoms with Crippen molar-refractivity contribution in [1.82, 2.24) is 9.97 Å². The molecule has 0 atom stereocenters. The molecule has 1 heterocycles. The molecule has 2 N–H and O–H groups in total. The monoisotopic (exact) mass is 286 g/mol. The van der Waals surface area contributed by atoms with Crippen molar-refractivity contribution in [3.8, 4) is 5.88 Å². The number of rotatable bonds is 6. The van der Waals surface area contributed by atoms with Crippen molar-refractivity contribution in [1.29, 1.82) is 0 Å². The van der Waals surface area contributed by atoms with E-state index in [1.807, 2.05) is 37.3 Å². The number of aryl methyl sites for hydroxylation is 1. The number of nitrogens with two attached hydrogens (primary N) is 1. The number of benzene rings is 1. The number of hydrogen-bond acceptors (Lipinski definition) is 5. The molecule has 0 aliphatic heterocycles. The van der Waals surface area contributed by atoms with E-state index in [2.05, 4.69) is 21.8 Å². The van der Waals surface area contributed by atoms with E-state index in [9.17, 15) is 0 Å². The van der Waals surface area contributed by atoms with Gasteiger partial charge in [0.1, 0.15) is 11.6 Å². The van der Waals surface area contributed by atoms with Gasteiger partial charge in [-0.1, -0.05) is 25.1 Å². The SMILES string of the molecule is CCCN(Cc1ccccc1N)c1cc(OC)nc(C)n1.